The van der Waals surface area contributed by atoms with Gasteiger partial charge in [0, 0.05) is 16.6 Å². The number of nitrogens with zero attached hydrogens (tertiary/aromatic N) is 1. The Balaban J connectivity index is 1.64. The van der Waals surface area contributed by atoms with Crippen LogP contribution in [0.15, 0.2) is 52.5 Å². The van der Waals surface area contributed by atoms with E-state index in [0.29, 0.717) is 16.4 Å². The van der Waals surface area contributed by atoms with Crippen molar-refractivity contribution in [1.29, 1.82) is 0 Å². The first kappa shape index (κ1) is 15.0. The predicted molar refractivity (Wildman–Crippen MR) is 87.9 cm³/mol. The van der Waals surface area contributed by atoms with Crippen molar-refractivity contribution in [1.82, 2.24) is 4.98 Å². The lowest BCUT2D eigenvalue weighted by Crippen LogP contribution is -2.13. The van der Waals surface area contributed by atoms with E-state index >= 15 is 0 Å². The van der Waals surface area contributed by atoms with Crippen LogP contribution in [0.4, 0.5) is 10.8 Å². The molecular weight excluding hydrogens is 314 g/mol. The van der Waals surface area contributed by atoms with Gasteiger partial charge >= 0.3 is 0 Å². The van der Waals surface area contributed by atoms with Crippen LogP contribution in [0.5, 0.6) is 0 Å². The molecule has 0 unspecified atom stereocenters. The third-order valence-corrected chi connectivity index (χ3v) is 3.86. The number of carbonyl (C=O) groups is 2. The molecule has 2 aromatic heterocycles. The molecular formula is C16H13N3O3S. The lowest BCUT2D eigenvalue weighted by atomic mass is 10.2. The molecule has 0 spiro atoms. The molecule has 2 amide bonds. The van der Waals surface area contributed by atoms with Gasteiger partial charge in [-0.15, -0.1) is 11.3 Å². The van der Waals surface area contributed by atoms with Crippen molar-refractivity contribution in [3.63, 3.8) is 0 Å². The van der Waals surface area contributed by atoms with Crippen molar-refractivity contribution in [3.05, 3.63) is 65.1 Å². The van der Waals surface area contributed by atoms with E-state index in [9.17, 15) is 9.59 Å². The topological polar surface area (TPSA) is 84.2 Å². The van der Waals surface area contributed by atoms with Gasteiger partial charge in [0.1, 0.15) is 0 Å². The van der Waals surface area contributed by atoms with Crippen molar-refractivity contribution in [2.45, 2.75) is 6.92 Å². The molecule has 0 radical (unpaired) electrons. The van der Waals surface area contributed by atoms with Crippen LogP contribution in [0.2, 0.25) is 0 Å². The average Bonchev–Trinajstić information content (AvgIpc) is 3.20. The summed E-state index contributed by atoms with van der Waals surface area (Å²) >= 11 is 1.37. The molecule has 2 heterocycles. The number of furan rings is 1. The fourth-order valence-electron chi connectivity index (χ4n) is 1.89. The first-order valence-corrected chi connectivity index (χ1v) is 7.68. The Hall–Kier alpha value is -2.93. The molecule has 0 aliphatic heterocycles. The molecule has 23 heavy (non-hydrogen) atoms. The number of amides is 2. The van der Waals surface area contributed by atoms with Crippen LogP contribution in [-0.4, -0.2) is 16.8 Å². The van der Waals surface area contributed by atoms with Gasteiger partial charge in [-0.25, -0.2) is 4.98 Å². The van der Waals surface area contributed by atoms with E-state index in [1.807, 2.05) is 12.3 Å². The molecule has 2 N–H and O–H groups in total. The maximum absolute atomic E-state index is 12.1. The van der Waals surface area contributed by atoms with E-state index in [2.05, 4.69) is 15.6 Å². The largest absolute Gasteiger partial charge is 0.459 e. The van der Waals surface area contributed by atoms with Gasteiger partial charge in [0.25, 0.3) is 11.8 Å². The molecule has 0 aliphatic carbocycles. The van der Waals surface area contributed by atoms with Crippen LogP contribution < -0.4 is 10.6 Å². The minimum Gasteiger partial charge on any atom is -0.459 e. The van der Waals surface area contributed by atoms with E-state index in [1.54, 1.807) is 36.4 Å². The number of aryl methyl sites for hydroxylation is 1. The zero-order valence-electron chi connectivity index (χ0n) is 12.2. The number of aromatic nitrogens is 1. The van der Waals surface area contributed by atoms with Crippen LogP contribution in [0, 0.1) is 6.92 Å². The summed E-state index contributed by atoms with van der Waals surface area (Å²) in [5.74, 6) is -0.361. The number of hydrogen-bond donors (Lipinski definition) is 2. The number of carbonyl (C=O) groups excluding carboxylic acids is 2. The van der Waals surface area contributed by atoms with Gasteiger partial charge < -0.3 is 9.73 Å². The Bertz CT molecular complexity index is 823. The average molecular weight is 327 g/mol. The maximum atomic E-state index is 12.1. The van der Waals surface area contributed by atoms with E-state index in [-0.39, 0.29) is 17.6 Å². The first-order chi connectivity index (χ1) is 11.1. The SMILES string of the molecule is Cc1csc(NC(=O)c2ccc(NC(=O)c3ccco3)cc2)n1. The Labute approximate surface area is 136 Å². The second-order valence-electron chi connectivity index (χ2n) is 4.76. The zero-order chi connectivity index (χ0) is 16.2. The normalized spacial score (nSPS) is 10.3. The van der Waals surface area contributed by atoms with Crippen LogP contribution in [0.25, 0.3) is 0 Å². The smallest absolute Gasteiger partial charge is 0.291 e. The quantitative estimate of drug-likeness (QED) is 0.767. The highest BCUT2D eigenvalue weighted by Gasteiger charge is 2.11. The Kier molecular flexibility index (Phi) is 4.20. The second kappa shape index (κ2) is 6.45. The second-order valence-corrected chi connectivity index (χ2v) is 5.62. The number of nitrogens with one attached hydrogen (secondary N) is 2. The van der Waals surface area contributed by atoms with Crippen molar-refractivity contribution >= 4 is 34.0 Å². The van der Waals surface area contributed by atoms with E-state index in [1.165, 1.54) is 17.6 Å². The van der Waals surface area contributed by atoms with E-state index < -0.39 is 0 Å². The van der Waals surface area contributed by atoms with Crippen molar-refractivity contribution in [3.8, 4) is 0 Å². The molecule has 0 aliphatic rings. The van der Waals surface area contributed by atoms with Gasteiger partial charge in [-0.1, -0.05) is 0 Å². The first-order valence-electron chi connectivity index (χ1n) is 6.80. The minimum atomic E-state index is -0.342. The summed E-state index contributed by atoms with van der Waals surface area (Å²) in [7, 11) is 0. The van der Waals surface area contributed by atoms with Gasteiger partial charge in [-0.3, -0.25) is 14.9 Å². The molecule has 3 rings (SSSR count). The molecule has 6 nitrogen and oxygen atoms in total. The van der Waals surface area contributed by atoms with Crippen LogP contribution >= 0.6 is 11.3 Å². The fourth-order valence-corrected chi connectivity index (χ4v) is 2.57. The monoisotopic (exact) mass is 327 g/mol. The Morgan fingerprint density at radius 2 is 1.87 bits per heavy atom. The van der Waals surface area contributed by atoms with Gasteiger partial charge in [0.05, 0.1) is 12.0 Å². The van der Waals surface area contributed by atoms with Crippen LogP contribution in [-0.2, 0) is 0 Å². The molecule has 116 valence electrons. The maximum Gasteiger partial charge on any atom is 0.291 e. The molecule has 3 aromatic rings. The molecule has 0 saturated heterocycles. The molecule has 0 fully saturated rings. The van der Waals surface area contributed by atoms with Crippen molar-refractivity contribution in [2.75, 3.05) is 10.6 Å². The van der Waals surface area contributed by atoms with Crippen LogP contribution in [0.3, 0.4) is 0 Å². The lowest BCUT2D eigenvalue weighted by Gasteiger charge is -2.05. The lowest BCUT2D eigenvalue weighted by molar-refractivity contribution is 0.0995. The molecule has 0 saturated carbocycles. The third-order valence-electron chi connectivity index (χ3n) is 2.99. The predicted octanol–water partition coefficient (Wildman–Crippen LogP) is 3.55. The summed E-state index contributed by atoms with van der Waals surface area (Å²) < 4.78 is 5.02. The van der Waals surface area contributed by atoms with Crippen LogP contribution in [0.1, 0.15) is 26.6 Å². The highest BCUT2D eigenvalue weighted by molar-refractivity contribution is 7.13. The zero-order valence-corrected chi connectivity index (χ0v) is 13.0. The Morgan fingerprint density at radius 1 is 1.09 bits per heavy atom. The number of hydrogen-bond acceptors (Lipinski definition) is 5. The number of anilines is 2. The molecule has 1 aromatic carbocycles. The van der Waals surface area contributed by atoms with Gasteiger partial charge in [0.15, 0.2) is 10.9 Å². The van der Waals surface area contributed by atoms with E-state index in [4.69, 9.17) is 4.42 Å². The summed E-state index contributed by atoms with van der Waals surface area (Å²) in [4.78, 5) is 28.1. The number of benzene rings is 1. The summed E-state index contributed by atoms with van der Waals surface area (Å²) in [6, 6.07) is 9.79. The highest BCUT2D eigenvalue weighted by Crippen LogP contribution is 2.17. The third kappa shape index (κ3) is 3.64. The molecule has 7 heteroatoms. The summed E-state index contributed by atoms with van der Waals surface area (Å²) in [6.45, 7) is 1.86. The van der Waals surface area contributed by atoms with Gasteiger partial charge in [-0.2, -0.15) is 0 Å². The summed E-state index contributed by atoms with van der Waals surface area (Å²) in [5, 5.41) is 7.84. The fraction of sp³-hybridized carbons (Fsp3) is 0.0625. The molecule has 0 atom stereocenters. The summed E-state index contributed by atoms with van der Waals surface area (Å²) in [6.07, 6.45) is 1.43. The van der Waals surface area contributed by atoms with Gasteiger partial charge in [-0.05, 0) is 43.3 Å². The molecule has 0 bridgehead atoms. The summed E-state index contributed by atoms with van der Waals surface area (Å²) in [5.41, 5.74) is 1.92. The highest BCUT2D eigenvalue weighted by atomic mass is 32.1. The van der Waals surface area contributed by atoms with Gasteiger partial charge in [0.2, 0.25) is 0 Å². The van der Waals surface area contributed by atoms with E-state index in [0.717, 1.165) is 5.69 Å². The Morgan fingerprint density at radius 3 is 2.48 bits per heavy atom. The van der Waals surface area contributed by atoms with Crippen molar-refractivity contribution in [2.24, 2.45) is 0 Å². The van der Waals surface area contributed by atoms with Crippen molar-refractivity contribution < 1.29 is 14.0 Å². The number of thiazole rings is 1. The number of rotatable bonds is 4. The standard InChI is InChI=1S/C16H13N3O3S/c1-10-9-23-16(17-10)19-14(20)11-4-6-12(7-5-11)18-15(21)13-3-2-8-22-13/h2-9H,1H3,(H,18,21)(H,17,19,20). The minimum absolute atomic E-state index is 0.228.